The third-order valence-electron chi connectivity index (χ3n) is 2.64. The van der Waals surface area contributed by atoms with E-state index in [0.29, 0.717) is 18.1 Å². The Bertz CT molecular complexity index is 646. The minimum absolute atomic E-state index is 0.559. The van der Waals surface area contributed by atoms with Crippen molar-refractivity contribution in [3.05, 3.63) is 52.5 Å². The minimum atomic E-state index is 0.559. The van der Waals surface area contributed by atoms with E-state index in [9.17, 15) is 0 Å². The van der Waals surface area contributed by atoms with Crippen molar-refractivity contribution in [2.24, 2.45) is 0 Å². The van der Waals surface area contributed by atoms with Crippen LogP contribution in [-0.4, -0.2) is 10.1 Å². The fourth-order valence-electron chi connectivity index (χ4n) is 1.69. The zero-order valence-electron chi connectivity index (χ0n) is 9.54. The molecule has 0 aliphatic rings. The molecule has 90 valence electrons. The Labute approximate surface area is 108 Å². The number of nitrogens with two attached hydrogens (primary N) is 1. The first kappa shape index (κ1) is 11.0. The van der Waals surface area contributed by atoms with Crippen molar-refractivity contribution in [1.29, 1.82) is 0 Å². The Hall–Kier alpha value is -2.14. The predicted molar refractivity (Wildman–Crippen MR) is 71.3 cm³/mol. The van der Waals surface area contributed by atoms with Gasteiger partial charge in [-0.2, -0.15) is 16.3 Å². The van der Waals surface area contributed by atoms with Crippen LogP contribution in [0.15, 0.2) is 45.6 Å². The second kappa shape index (κ2) is 4.62. The highest BCUT2D eigenvalue weighted by Crippen LogP contribution is 2.20. The molecule has 2 N–H and O–H groups in total. The maximum Gasteiger partial charge on any atom is 0.231 e. The van der Waals surface area contributed by atoms with Gasteiger partial charge in [0.2, 0.25) is 11.7 Å². The van der Waals surface area contributed by atoms with Crippen LogP contribution in [0.3, 0.4) is 0 Å². The van der Waals surface area contributed by atoms with Gasteiger partial charge in [-0.25, -0.2) is 0 Å². The van der Waals surface area contributed by atoms with Gasteiger partial charge >= 0.3 is 0 Å². The summed E-state index contributed by atoms with van der Waals surface area (Å²) in [7, 11) is 0. The van der Waals surface area contributed by atoms with Gasteiger partial charge in [-0.1, -0.05) is 23.4 Å². The summed E-state index contributed by atoms with van der Waals surface area (Å²) in [6.45, 7) is 0. The lowest BCUT2D eigenvalue weighted by Crippen LogP contribution is -1.95. The van der Waals surface area contributed by atoms with Gasteiger partial charge in [0.05, 0.1) is 6.42 Å². The summed E-state index contributed by atoms with van der Waals surface area (Å²) < 4.78 is 5.24. The zero-order valence-corrected chi connectivity index (χ0v) is 10.4. The van der Waals surface area contributed by atoms with Crippen LogP contribution in [0.5, 0.6) is 0 Å². The fraction of sp³-hybridized carbons (Fsp3) is 0.0769. The molecule has 4 nitrogen and oxygen atoms in total. The molecule has 1 aromatic carbocycles. The topological polar surface area (TPSA) is 64.9 Å². The Kier molecular flexibility index (Phi) is 2.82. The van der Waals surface area contributed by atoms with Crippen LogP contribution in [-0.2, 0) is 6.42 Å². The number of benzene rings is 1. The average Bonchev–Trinajstić information content (AvgIpc) is 3.02. The molecule has 0 aliphatic carbocycles. The van der Waals surface area contributed by atoms with E-state index in [-0.39, 0.29) is 0 Å². The van der Waals surface area contributed by atoms with Crippen molar-refractivity contribution in [2.75, 3.05) is 5.73 Å². The summed E-state index contributed by atoms with van der Waals surface area (Å²) in [6.07, 6.45) is 0.559. The van der Waals surface area contributed by atoms with Crippen LogP contribution >= 0.6 is 11.3 Å². The molecule has 0 fully saturated rings. The highest BCUT2D eigenvalue weighted by molar-refractivity contribution is 7.08. The number of hydrogen-bond donors (Lipinski definition) is 1. The molecule has 3 rings (SSSR count). The van der Waals surface area contributed by atoms with Gasteiger partial charge in [0.25, 0.3) is 0 Å². The van der Waals surface area contributed by atoms with E-state index in [1.165, 1.54) is 0 Å². The smallest absolute Gasteiger partial charge is 0.231 e. The average molecular weight is 257 g/mol. The number of rotatable bonds is 3. The van der Waals surface area contributed by atoms with Crippen LogP contribution in [0.25, 0.3) is 11.4 Å². The quantitative estimate of drug-likeness (QED) is 0.732. The molecule has 2 heterocycles. The number of hydrogen-bond acceptors (Lipinski definition) is 5. The molecule has 0 bridgehead atoms. The van der Waals surface area contributed by atoms with Gasteiger partial charge in [-0.3, -0.25) is 0 Å². The number of nitrogen functional groups attached to an aromatic ring is 1. The number of anilines is 1. The highest BCUT2D eigenvalue weighted by Gasteiger charge is 2.10. The molecule has 0 spiro atoms. The van der Waals surface area contributed by atoms with E-state index < -0.39 is 0 Å². The Morgan fingerprint density at radius 2 is 2.11 bits per heavy atom. The predicted octanol–water partition coefficient (Wildman–Crippen LogP) is 2.97. The minimum Gasteiger partial charge on any atom is -0.398 e. The zero-order chi connectivity index (χ0) is 12.4. The van der Waals surface area contributed by atoms with Crippen molar-refractivity contribution in [2.45, 2.75) is 6.42 Å². The van der Waals surface area contributed by atoms with Crippen LogP contribution in [0.2, 0.25) is 0 Å². The Morgan fingerprint density at radius 3 is 2.89 bits per heavy atom. The number of thiophene rings is 1. The molecule has 0 unspecified atom stereocenters. The largest absolute Gasteiger partial charge is 0.398 e. The summed E-state index contributed by atoms with van der Waals surface area (Å²) in [6, 6.07) is 9.65. The van der Waals surface area contributed by atoms with Crippen molar-refractivity contribution in [3.63, 3.8) is 0 Å². The normalized spacial score (nSPS) is 10.7. The molecule has 0 saturated carbocycles. The van der Waals surface area contributed by atoms with Crippen molar-refractivity contribution >= 4 is 17.0 Å². The molecule has 0 saturated heterocycles. The van der Waals surface area contributed by atoms with Crippen molar-refractivity contribution < 1.29 is 4.52 Å². The van der Waals surface area contributed by atoms with Crippen LogP contribution in [0, 0.1) is 0 Å². The van der Waals surface area contributed by atoms with Gasteiger partial charge in [0, 0.05) is 16.6 Å². The lowest BCUT2D eigenvalue weighted by Gasteiger charge is -2.00. The first-order chi connectivity index (χ1) is 8.83. The number of aromatic nitrogens is 2. The number of nitrogens with zero attached hydrogens (tertiary/aromatic N) is 2. The third-order valence-corrected chi connectivity index (χ3v) is 3.33. The molecule has 0 atom stereocenters. The summed E-state index contributed by atoms with van der Waals surface area (Å²) in [5.74, 6) is 1.20. The van der Waals surface area contributed by atoms with Crippen LogP contribution in [0.1, 0.15) is 11.5 Å². The maximum absolute atomic E-state index is 5.88. The van der Waals surface area contributed by atoms with Crippen molar-refractivity contribution in [3.8, 4) is 11.4 Å². The second-order valence-electron chi connectivity index (χ2n) is 3.90. The number of para-hydroxylation sites is 1. The summed E-state index contributed by atoms with van der Waals surface area (Å²) in [4.78, 5) is 4.36. The van der Waals surface area contributed by atoms with Gasteiger partial charge in [0.1, 0.15) is 0 Å². The summed E-state index contributed by atoms with van der Waals surface area (Å²) >= 11 is 1.61. The molecule has 0 amide bonds. The third kappa shape index (κ3) is 2.12. The van der Waals surface area contributed by atoms with E-state index in [2.05, 4.69) is 10.1 Å². The van der Waals surface area contributed by atoms with Gasteiger partial charge in [-0.05, 0) is 23.1 Å². The highest BCUT2D eigenvalue weighted by atomic mass is 32.1. The van der Waals surface area contributed by atoms with E-state index in [0.717, 1.165) is 16.8 Å². The molecule has 2 aromatic heterocycles. The molecular weight excluding hydrogens is 246 g/mol. The molecule has 5 heteroatoms. The Balaban J connectivity index is 1.85. The second-order valence-corrected chi connectivity index (χ2v) is 4.68. The standard InChI is InChI=1S/C13H11N3OS/c14-11-4-2-1-3-9(11)7-12-15-13(16-17-12)10-5-6-18-8-10/h1-6,8H,7,14H2. The van der Waals surface area contributed by atoms with Crippen LogP contribution < -0.4 is 5.73 Å². The molecule has 3 aromatic rings. The first-order valence-electron chi connectivity index (χ1n) is 5.51. The van der Waals surface area contributed by atoms with Crippen molar-refractivity contribution in [1.82, 2.24) is 10.1 Å². The van der Waals surface area contributed by atoms with Gasteiger partial charge in [-0.15, -0.1) is 0 Å². The Morgan fingerprint density at radius 1 is 1.22 bits per heavy atom. The SMILES string of the molecule is Nc1ccccc1Cc1nc(-c2ccsc2)no1. The maximum atomic E-state index is 5.88. The van der Waals surface area contributed by atoms with Gasteiger partial charge < -0.3 is 10.3 Å². The lowest BCUT2D eigenvalue weighted by atomic mass is 10.1. The molecule has 0 radical (unpaired) electrons. The first-order valence-corrected chi connectivity index (χ1v) is 6.46. The van der Waals surface area contributed by atoms with E-state index in [1.54, 1.807) is 11.3 Å². The lowest BCUT2D eigenvalue weighted by molar-refractivity contribution is 0.386. The van der Waals surface area contributed by atoms with E-state index in [4.69, 9.17) is 10.3 Å². The molecule has 0 aliphatic heterocycles. The van der Waals surface area contributed by atoms with Crippen LogP contribution in [0.4, 0.5) is 5.69 Å². The monoisotopic (exact) mass is 257 g/mol. The summed E-state index contributed by atoms with van der Waals surface area (Å²) in [5.41, 5.74) is 8.61. The fourth-order valence-corrected chi connectivity index (χ4v) is 2.33. The van der Waals surface area contributed by atoms with E-state index in [1.807, 2.05) is 41.1 Å². The van der Waals surface area contributed by atoms with Gasteiger partial charge in [0.15, 0.2) is 0 Å². The molecule has 18 heavy (non-hydrogen) atoms. The summed E-state index contributed by atoms with van der Waals surface area (Å²) in [5, 5.41) is 7.94. The van der Waals surface area contributed by atoms with E-state index >= 15 is 0 Å². The molecular formula is C13H11N3OS.